The molecule has 6 nitrogen and oxygen atoms in total. The highest BCUT2D eigenvalue weighted by atomic mass is 32.1. The predicted octanol–water partition coefficient (Wildman–Crippen LogP) is 1.85. The summed E-state index contributed by atoms with van der Waals surface area (Å²) in [5.74, 6) is -0.755. The van der Waals surface area contributed by atoms with Gasteiger partial charge in [-0.2, -0.15) is 5.26 Å². The van der Waals surface area contributed by atoms with Crippen molar-refractivity contribution in [2.75, 3.05) is 7.11 Å². The normalized spacial score (nSPS) is 11.3. The summed E-state index contributed by atoms with van der Waals surface area (Å²) in [5, 5.41) is 13.5. The second-order valence-electron chi connectivity index (χ2n) is 5.14. The van der Waals surface area contributed by atoms with Gasteiger partial charge in [-0.3, -0.25) is 4.79 Å². The first-order chi connectivity index (χ1) is 11.6. The number of nitrogens with one attached hydrogen (secondary N) is 1. The number of carbonyl (C=O) groups excluding carboxylic acids is 2. The number of nitrogens with zero attached hydrogens (tertiary/aromatic N) is 2. The van der Waals surface area contributed by atoms with Crippen LogP contribution in [0.5, 0.6) is 0 Å². The van der Waals surface area contributed by atoms with Crippen molar-refractivity contribution in [1.82, 2.24) is 10.3 Å². The number of hydrogen-bond acceptors (Lipinski definition) is 6. The molecule has 0 saturated heterocycles. The zero-order chi connectivity index (χ0) is 17.4. The number of nitriles is 1. The van der Waals surface area contributed by atoms with E-state index in [1.807, 2.05) is 5.38 Å². The van der Waals surface area contributed by atoms with Gasteiger partial charge in [0, 0.05) is 18.2 Å². The van der Waals surface area contributed by atoms with Crippen LogP contribution < -0.4 is 5.32 Å². The van der Waals surface area contributed by atoms with Gasteiger partial charge in [-0.25, -0.2) is 9.78 Å². The van der Waals surface area contributed by atoms with Crippen molar-refractivity contribution < 1.29 is 14.3 Å². The van der Waals surface area contributed by atoms with E-state index in [9.17, 15) is 9.59 Å². The van der Waals surface area contributed by atoms with Gasteiger partial charge in [0.2, 0.25) is 5.91 Å². The average molecular weight is 343 g/mol. The van der Waals surface area contributed by atoms with Crippen LogP contribution in [0.1, 0.15) is 23.2 Å². The molecular weight excluding hydrogens is 326 g/mol. The fourth-order valence-electron chi connectivity index (χ4n) is 2.21. The third-order valence-corrected chi connectivity index (χ3v) is 4.04. The Morgan fingerprint density at radius 3 is 2.96 bits per heavy atom. The van der Waals surface area contributed by atoms with Gasteiger partial charge in [-0.1, -0.05) is 12.1 Å². The lowest BCUT2D eigenvalue weighted by Gasteiger charge is -2.16. The monoisotopic (exact) mass is 343 g/mol. The third kappa shape index (κ3) is 5.18. The van der Waals surface area contributed by atoms with Crippen molar-refractivity contribution >= 4 is 23.2 Å². The van der Waals surface area contributed by atoms with Crippen molar-refractivity contribution in [1.29, 1.82) is 5.26 Å². The first-order valence-corrected chi connectivity index (χ1v) is 8.30. The fraction of sp³-hybridized carbons (Fsp3) is 0.294. The largest absolute Gasteiger partial charge is 0.467 e. The zero-order valence-corrected chi connectivity index (χ0v) is 14.0. The second kappa shape index (κ2) is 8.79. The molecule has 0 aliphatic carbocycles. The molecule has 0 fully saturated rings. The first kappa shape index (κ1) is 17.6. The Bertz CT molecular complexity index is 738. The maximum atomic E-state index is 12.1. The minimum absolute atomic E-state index is 0.241. The van der Waals surface area contributed by atoms with E-state index >= 15 is 0 Å². The summed E-state index contributed by atoms with van der Waals surface area (Å²) < 4.78 is 4.76. The Balaban J connectivity index is 1.98. The van der Waals surface area contributed by atoms with Crippen LogP contribution in [0.2, 0.25) is 0 Å². The highest BCUT2D eigenvalue weighted by Gasteiger charge is 2.22. The van der Waals surface area contributed by atoms with Crippen LogP contribution >= 0.6 is 11.3 Å². The van der Waals surface area contributed by atoms with Crippen LogP contribution in [0.25, 0.3) is 0 Å². The minimum atomic E-state index is -0.785. The number of hydrogen-bond donors (Lipinski definition) is 1. The number of carbonyl (C=O) groups is 2. The lowest BCUT2D eigenvalue weighted by Crippen LogP contribution is -2.43. The fourth-order valence-corrected chi connectivity index (χ4v) is 2.80. The van der Waals surface area contributed by atoms with E-state index in [0.29, 0.717) is 12.0 Å². The van der Waals surface area contributed by atoms with E-state index in [-0.39, 0.29) is 18.7 Å². The number of amides is 1. The van der Waals surface area contributed by atoms with Crippen LogP contribution in [0.4, 0.5) is 0 Å². The van der Waals surface area contributed by atoms with E-state index < -0.39 is 12.0 Å². The summed E-state index contributed by atoms with van der Waals surface area (Å²) in [5.41, 5.74) is 3.86. The second-order valence-corrected chi connectivity index (χ2v) is 5.86. The van der Waals surface area contributed by atoms with E-state index in [2.05, 4.69) is 16.4 Å². The molecule has 1 atom stereocenters. The number of aryl methyl sites for hydroxylation is 1. The molecule has 124 valence electrons. The van der Waals surface area contributed by atoms with Gasteiger partial charge >= 0.3 is 5.97 Å². The zero-order valence-electron chi connectivity index (χ0n) is 13.2. The van der Waals surface area contributed by atoms with Gasteiger partial charge < -0.3 is 10.1 Å². The minimum Gasteiger partial charge on any atom is -0.467 e. The van der Waals surface area contributed by atoms with E-state index in [4.69, 9.17) is 10.00 Å². The van der Waals surface area contributed by atoms with E-state index in [1.165, 1.54) is 18.4 Å². The number of aromatic nitrogens is 1. The van der Waals surface area contributed by atoms with Crippen molar-refractivity contribution in [3.63, 3.8) is 0 Å². The molecule has 2 rings (SSSR count). The Morgan fingerprint density at radius 2 is 2.29 bits per heavy atom. The lowest BCUT2D eigenvalue weighted by atomic mass is 10.0. The maximum absolute atomic E-state index is 12.1. The van der Waals surface area contributed by atoms with Crippen LogP contribution in [0, 0.1) is 11.3 Å². The van der Waals surface area contributed by atoms with Crippen LogP contribution in [-0.4, -0.2) is 30.0 Å². The predicted molar refractivity (Wildman–Crippen MR) is 89.2 cm³/mol. The Labute approximate surface area is 144 Å². The molecule has 24 heavy (non-hydrogen) atoms. The highest BCUT2D eigenvalue weighted by Crippen LogP contribution is 2.09. The Morgan fingerprint density at radius 1 is 1.46 bits per heavy atom. The van der Waals surface area contributed by atoms with Crippen molar-refractivity contribution in [2.24, 2.45) is 0 Å². The number of rotatable bonds is 7. The summed E-state index contributed by atoms with van der Waals surface area (Å²) in [7, 11) is 1.28. The Kier molecular flexibility index (Phi) is 6.46. The van der Waals surface area contributed by atoms with E-state index in [1.54, 1.807) is 29.8 Å². The molecule has 2 aromatic rings. The van der Waals surface area contributed by atoms with Gasteiger partial charge in [0.15, 0.2) is 0 Å². The SMILES string of the molecule is COC(=O)C(Cc1cccc(C#N)c1)NC(=O)CCc1cscn1. The van der Waals surface area contributed by atoms with Crippen LogP contribution in [0.3, 0.4) is 0 Å². The molecule has 1 amide bonds. The quantitative estimate of drug-likeness (QED) is 0.775. The molecule has 1 unspecified atom stereocenters. The standard InChI is InChI=1S/C17H17N3O3S/c1-23-17(22)15(8-12-3-2-4-13(7-12)9-18)20-16(21)6-5-14-10-24-11-19-14/h2-4,7,10-11,15H,5-6,8H2,1H3,(H,20,21). The van der Waals surface area contributed by atoms with E-state index in [0.717, 1.165) is 11.3 Å². The molecule has 1 N–H and O–H groups in total. The molecule has 0 aliphatic rings. The topological polar surface area (TPSA) is 92.1 Å². The van der Waals surface area contributed by atoms with Crippen LogP contribution in [-0.2, 0) is 27.2 Å². The van der Waals surface area contributed by atoms with Gasteiger partial charge in [0.05, 0.1) is 29.9 Å². The van der Waals surface area contributed by atoms with Crippen molar-refractivity contribution in [3.05, 3.63) is 52.0 Å². The van der Waals surface area contributed by atoms with Gasteiger partial charge in [-0.15, -0.1) is 11.3 Å². The number of methoxy groups -OCH3 is 1. The maximum Gasteiger partial charge on any atom is 0.328 e. The van der Waals surface area contributed by atoms with Crippen molar-refractivity contribution in [2.45, 2.75) is 25.3 Å². The molecule has 0 bridgehead atoms. The summed E-state index contributed by atoms with van der Waals surface area (Å²) in [6.45, 7) is 0. The average Bonchev–Trinajstić information content (AvgIpc) is 3.12. The highest BCUT2D eigenvalue weighted by molar-refractivity contribution is 7.07. The molecule has 0 saturated carbocycles. The lowest BCUT2D eigenvalue weighted by molar-refractivity contribution is -0.145. The summed E-state index contributed by atoms with van der Waals surface area (Å²) >= 11 is 1.48. The number of esters is 1. The smallest absolute Gasteiger partial charge is 0.328 e. The molecule has 1 aromatic heterocycles. The van der Waals surface area contributed by atoms with Crippen LogP contribution in [0.15, 0.2) is 35.2 Å². The van der Waals surface area contributed by atoms with Crippen molar-refractivity contribution in [3.8, 4) is 6.07 Å². The molecule has 1 aromatic carbocycles. The molecule has 0 spiro atoms. The number of benzene rings is 1. The third-order valence-electron chi connectivity index (χ3n) is 3.41. The van der Waals surface area contributed by atoms with Gasteiger partial charge in [-0.05, 0) is 24.1 Å². The molecule has 0 aliphatic heterocycles. The molecule has 0 radical (unpaired) electrons. The number of ether oxygens (including phenoxy) is 1. The number of thiazole rings is 1. The summed E-state index contributed by atoms with van der Waals surface area (Å²) in [6.07, 6.45) is 1.03. The Hall–Kier alpha value is -2.72. The summed E-state index contributed by atoms with van der Waals surface area (Å²) in [6, 6.07) is 8.19. The van der Waals surface area contributed by atoms with Gasteiger partial charge in [0.1, 0.15) is 6.04 Å². The van der Waals surface area contributed by atoms with Gasteiger partial charge in [0.25, 0.3) is 0 Å². The molecule has 7 heteroatoms. The molecular formula is C17H17N3O3S. The first-order valence-electron chi connectivity index (χ1n) is 7.35. The summed E-state index contributed by atoms with van der Waals surface area (Å²) in [4.78, 5) is 28.1. The molecule has 1 heterocycles.